The Bertz CT molecular complexity index is 350. The molecule has 0 unspecified atom stereocenters. The summed E-state index contributed by atoms with van der Waals surface area (Å²) in [5, 5.41) is 0. The van der Waals surface area contributed by atoms with Crippen LogP contribution in [-0.4, -0.2) is 13.6 Å². The molecule has 0 radical (unpaired) electrons. The van der Waals surface area contributed by atoms with E-state index in [0.29, 0.717) is 5.41 Å². The first kappa shape index (κ1) is 12.9. The fraction of sp³-hybridized carbons (Fsp3) is 0.571. The van der Waals surface area contributed by atoms with Gasteiger partial charge in [-0.3, -0.25) is 0 Å². The van der Waals surface area contributed by atoms with Gasteiger partial charge in [0, 0.05) is 13.6 Å². The van der Waals surface area contributed by atoms with Crippen molar-refractivity contribution in [1.82, 2.24) is 0 Å². The van der Waals surface area contributed by atoms with E-state index in [1.807, 2.05) is 6.07 Å². The Labute approximate surface area is 99.5 Å². The number of benzene rings is 1. The molecule has 0 aliphatic rings. The summed E-state index contributed by atoms with van der Waals surface area (Å²) >= 11 is 0. The molecular formula is C14H24N2. The van der Waals surface area contributed by atoms with Crippen LogP contribution in [0.1, 0.15) is 32.8 Å². The zero-order valence-electron chi connectivity index (χ0n) is 11.2. The van der Waals surface area contributed by atoms with E-state index in [1.165, 1.54) is 5.56 Å². The fourth-order valence-electron chi connectivity index (χ4n) is 1.65. The van der Waals surface area contributed by atoms with Gasteiger partial charge in [-0.1, -0.05) is 26.8 Å². The maximum atomic E-state index is 6.02. The Morgan fingerprint density at radius 1 is 1.25 bits per heavy atom. The molecule has 1 rings (SSSR count). The molecule has 0 aromatic heterocycles. The lowest BCUT2D eigenvalue weighted by Gasteiger charge is -2.26. The van der Waals surface area contributed by atoms with Crippen LogP contribution in [0.25, 0.3) is 0 Å². The smallest absolute Gasteiger partial charge is 0.0597 e. The van der Waals surface area contributed by atoms with E-state index in [1.54, 1.807) is 0 Å². The summed E-state index contributed by atoms with van der Waals surface area (Å²) in [4.78, 5) is 2.24. The van der Waals surface area contributed by atoms with Gasteiger partial charge < -0.3 is 10.6 Å². The maximum absolute atomic E-state index is 6.02. The molecular weight excluding hydrogens is 196 g/mol. The highest BCUT2D eigenvalue weighted by Gasteiger charge is 2.12. The topological polar surface area (TPSA) is 29.3 Å². The van der Waals surface area contributed by atoms with Crippen LogP contribution in [0, 0.1) is 12.3 Å². The van der Waals surface area contributed by atoms with Gasteiger partial charge in [0.05, 0.1) is 11.4 Å². The van der Waals surface area contributed by atoms with Crippen molar-refractivity contribution >= 4 is 11.4 Å². The van der Waals surface area contributed by atoms with Crippen LogP contribution < -0.4 is 10.6 Å². The van der Waals surface area contributed by atoms with Crippen LogP contribution in [0.5, 0.6) is 0 Å². The Kier molecular flexibility index (Phi) is 3.84. The van der Waals surface area contributed by atoms with Gasteiger partial charge in [-0.2, -0.15) is 0 Å². The molecule has 1 aromatic rings. The third kappa shape index (κ3) is 3.76. The van der Waals surface area contributed by atoms with Crippen molar-refractivity contribution in [2.24, 2.45) is 5.41 Å². The molecule has 0 atom stereocenters. The van der Waals surface area contributed by atoms with Crippen molar-refractivity contribution in [3.05, 3.63) is 23.8 Å². The summed E-state index contributed by atoms with van der Waals surface area (Å²) in [6.07, 6.45) is 1.16. The number of hydrogen-bond acceptors (Lipinski definition) is 2. The molecule has 0 aliphatic carbocycles. The SMILES string of the molecule is Cc1ccc(N(C)CCC(C)(C)C)c(N)c1. The van der Waals surface area contributed by atoms with E-state index in [9.17, 15) is 0 Å². The van der Waals surface area contributed by atoms with Gasteiger partial charge in [-0.05, 0) is 36.5 Å². The second-order valence-electron chi connectivity index (χ2n) is 5.79. The summed E-state index contributed by atoms with van der Waals surface area (Å²) in [5.74, 6) is 0. The van der Waals surface area contributed by atoms with Crippen LogP contribution in [0.2, 0.25) is 0 Å². The van der Waals surface area contributed by atoms with E-state index in [-0.39, 0.29) is 0 Å². The van der Waals surface area contributed by atoms with Crippen molar-refractivity contribution < 1.29 is 0 Å². The lowest BCUT2D eigenvalue weighted by atomic mass is 9.92. The highest BCUT2D eigenvalue weighted by molar-refractivity contribution is 5.68. The summed E-state index contributed by atoms with van der Waals surface area (Å²) in [7, 11) is 2.10. The maximum Gasteiger partial charge on any atom is 0.0597 e. The molecule has 16 heavy (non-hydrogen) atoms. The third-order valence-electron chi connectivity index (χ3n) is 2.79. The third-order valence-corrected chi connectivity index (χ3v) is 2.79. The predicted octanol–water partition coefficient (Wildman–Crippen LogP) is 3.45. The van der Waals surface area contributed by atoms with Crippen LogP contribution in [0.3, 0.4) is 0 Å². The van der Waals surface area contributed by atoms with Crippen molar-refractivity contribution in [3.8, 4) is 0 Å². The minimum Gasteiger partial charge on any atom is -0.397 e. The quantitative estimate of drug-likeness (QED) is 0.791. The molecule has 90 valence electrons. The van der Waals surface area contributed by atoms with Crippen molar-refractivity contribution in [2.75, 3.05) is 24.2 Å². The average Bonchev–Trinajstić information content (AvgIpc) is 2.13. The molecule has 0 heterocycles. The highest BCUT2D eigenvalue weighted by atomic mass is 15.1. The van der Waals surface area contributed by atoms with Crippen LogP contribution in [-0.2, 0) is 0 Å². The first-order valence-corrected chi connectivity index (χ1v) is 5.87. The fourth-order valence-corrected chi connectivity index (χ4v) is 1.65. The van der Waals surface area contributed by atoms with Gasteiger partial charge >= 0.3 is 0 Å². The van der Waals surface area contributed by atoms with Crippen molar-refractivity contribution in [1.29, 1.82) is 0 Å². The number of anilines is 2. The van der Waals surface area contributed by atoms with Crippen LogP contribution in [0.4, 0.5) is 11.4 Å². The Balaban J connectivity index is 2.70. The summed E-state index contributed by atoms with van der Waals surface area (Å²) < 4.78 is 0. The first-order valence-electron chi connectivity index (χ1n) is 5.87. The summed E-state index contributed by atoms with van der Waals surface area (Å²) in [6, 6.07) is 6.25. The highest BCUT2D eigenvalue weighted by Crippen LogP contribution is 2.25. The van der Waals surface area contributed by atoms with Gasteiger partial charge in [-0.15, -0.1) is 0 Å². The monoisotopic (exact) mass is 220 g/mol. The number of aryl methyl sites for hydroxylation is 1. The molecule has 2 heteroatoms. The van der Waals surface area contributed by atoms with E-state index in [2.05, 4.69) is 51.8 Å². The zero-order valence-corrected chi connectivity index (χ0v) is 11.2. The van der Waals surface area contributed by atoms with Crippen LogP contribution >= 0.6 is 0 Å². The number of nitrogens with zero attached hydrogens (tertiary/aromatic N) is 1. The molecule has 2 nitrogen and oxygen atoms in total. The van der Waals surface area contributed by atoms with Gasteiger partial charge in [-0.25, -0.2) is 0 Å². The summed E-state index contributed by atoms with van der Waals surface area (Å²) in [6.45, 7) is 9.89. The largest absolute Gasteiger partial charge is 0.397 e. The van der Waals surface area contributed by atoms with Crippen LogP contribution in [0.15, 0.2) is 18.2 Å². The number of hydrogen-bond donors (Lipinski definition) is 1. The Morgan fingerprint density at radius 3 is 2.38 bits per heavy atom. The van der Waals surface area contributed by atoms with E-state index in [4.69, 9.17) is 5.73 Å². The number of rotatable bonds is 3. The first-order chi connectivity index (χ1) is 7.29. The molecule has 1 aromatic carbocycles. The average molecular weight is 220 g/mol. The summed E-state index contributed by atoms with van der Waals surface area (Å²) in [5.41, 5.74) is 9.61. The second kappa shape index (κ2) is 4.77. The zero-order chi connectivity index (χ0) is 12.3. The molecule has 0 saturated carbocycles. The molecule has 0 spiro atoms. The van der Waals surface area contributed by atoms with Gasteiger partial charge in [0.25, 0.3) is 0 Å². The standard InChI is InChI=1S/C14H24N2/c1-11-6-7-13(12(15)10-11)16(5)9-8-14(2,3)4/h6-7,10H,8-9,15H2,1-5H3. The molecule has 0 fully saturated rings. The Hall–Kier alpha value is -1.18. The van der Waals surface area contributed by atoms with Crippen molar-refractivity contribution in [3.63, 3.8) is 0 Å². The van der Waals surface area contributed by atoms with Gasteiger partial charge in [0.15, 0.2) is 0 Å². The molecule has 0 aliphatic heterocycles. The predicted molar refractivity (Wildman–Crippen MR) is 72.9 cm³/mol. The lowest BCUT2D eigenvalue weighted by molar-refractivity contribution is 0.382. The van der Waals surface area contributed by atoms with Crippen molar-refractivity contribution in [2.45, 2.75) is 34.1 Å². The number of nitrogens with two attached hydrogens (primary N) is 1. The molecule has 0 saturated heterocycles. The Morgan fingerprint density at radius 2 is 1.88 bits per heavy atom. The lowest BCUT2D eigenvalue weighted by Crippen LogP contribution is -2.23. The molecule has 0 bridgehead atoms. The number of nitrogen functional groups attached to an aromatic ring is 1. The van der Waals surface area contributed by atoms with E-state index in [0.717, 1.165) is 24.3 Å². The molecule has 2 N–H and O–H groups in total. The molecule has 0 amide bonds. The minimum absolute atomic E-state index is 0.369. The van der Waals surface area contributed by atoms with Gasteiger partial charge in [0.1, 0.15) is 0 Å². The van der Waals surface area contributed by atoms with E-state index >= 15 is 0 Å². The van der Waals surface area contributed by atoms with Gasteiger partial charge in [0.2, 0.25) is 0 Å². The van der Waals surface area contributed by atoms with E-state index < -0.39 is 0 Å². The second-order valence-corrected chi connectivity index (χ2v) is 5.79. The normalized spacial score (nSPS) is 11.6. The minimum atomic E-state index is 0.369.